The number of carbonyl (C=O) groups excluding carboxylic acids is 1. The van der Waals surface area contributed by atoms with Gasteiger partial charge in [-0.1, -0.05) is 17.4 Å². The molecule has 158 valence electrons. The van der Waals surface area contributed by atoms with Crippen LogP contribution in [0.15, 0.2) is 36.4 Å². The molecule has 1 saturated heterocycles. The maximum atomic E-state index is 12.9. The van der Waals surface area contributed by atoms with E-state index in [0.29, 0.717) is 36.8 Å². The number of anilines is 1. The first-order valence-corrected chi connectivity index (χ1v) is 10.7. The molecule has 1 fully saturated rings. The van der Waals surface area contributed by atoms with E-state index in [1.54, 1.807) is 43.8 Å². The molecule has 1 aliphatic heterocycles. The van der Waals surface area contributed by atoms with Gasteiger partial charge in [-0.05, 0) is 37.3 Å². The van der Waals surface area contributed by atoms with Crippen molar-refractivity contribution in [3.05, 3.63) is 42.0 Å². The van der Waals surface area contributed by atoms with Crippen LogP contribution in [-0.2, 0) is 0 Å². The van der Waals surface area contributed by atoms with E-state index in [9.17, 15) is 4.79 Å². The molecule has 0 aliphatic carbocycles. The first kappa shape index (κ1) is 20.3. The molecule has 0 spiro atoms. The van der Waals surface area contributed by atoms with Gasteiger partial charge in [0.05, 0.1) is 25.5 Å². The number of benzene rings is 2. The van der Waals surface area contributed by atoms with E-state index in [1.165, 1.54) is 0 Å². The van der Waals surface area contributed by atoms with Gasteiger partial charge in [-0.25, -0.2) is 4.98 Å². The standard InChI is InChI=1S/C22H25N3O4S/c1-4-29-17-6-5-7-19-20(17)23-22(30-19)25-12-10-24(11-13-25)21(26)15-8-9-16(27-2)18(14-15)28-3/h5-9,14H,4,10-13H2,1-3H3. The van der Waals surface area contributed by atoms with Crippen molar-refractivity contribution in [2.45, 2.75) is 6.92 Å². The van der Waals surface area contributed by atoms with Crippen LogP contribution in [0.3, 0.4) is 0 Å². The zero-order valence-corrected chi connectivity index (χ0v) is 18.2. The number of hydrogen-bond donors (Lipinski definition) is 0. The fourth-order valence-corrected chi connectivity index (χ4v) is 4.61. The van der Waals surface area contributed by atoms with Crippen LogP contribution >= 0.6 is 11.3 Å². The van der Waals surface area contributed by atoms with E-state index in [-0.39, 0.29) is 5.91 Å². The summed E-state index contributed by atoms with van der Waals surface area (Å²) in [4.78, 5) is 21.9. The van der Waals surface area contributed by atoms with Gasteiger partial charge in [-0.3, -0.25) is 4.79 Å². The minimum Gasteiger partial charge on any atom is -0.493 e. The van der Waals surface area contributed by atoms with Crippen molar-refractivity contribution in [2.24, 2.45) is 0 Å². The second-order valence-electron chi connectivity index (χ2n) is 6.88. The fourth-order valence-electron chi connectivity index (χ4n) is 3.57. The van der Waals surface area contributed by atoms with Gasteiger partial charge < -0.3 is 24.0 Å². The van der Waals surface area contributed by atoms with Crippen LogP contribution in [0.2, 0.25) is 0 Å². The number of piperazine rings is 1. The molecule has 8 heteroatoms. The molecule has 1 aliphatic rings. The number of methoxy groups -OCH3 is 2. The quantitative estimate of drug-likeness (QED) is 0.598. The number of ether oxygens (including phenoxy) is 3. The number of aromatic nitrogens is 1. The highest BCUT2D eigenvalue weighted by Crippen LogP contribution is 2.34. The smallest absolute Gasteiger partial charge is 0.254 e. The highest BCUT2D eigenvalue weighted by molar-refractivity contribution is 7.22. The largest absolute Gasteiger partial charge is 0.493 e. The Morgan fingerprint density at radius 2 is 1.80 bits per heavy atom. The second kappa shape index (κ2) is 8.79. The topological polar surface area (TPSA) is 64.1 Å². The minimum atomic E-state index is -0.00136. The van der Waals surface area contributed by atoms with Crippen LogP contribution in [0.25, 0.3) is 10.2 Å². The summed E-state index contributed by atoms with van der Waals surface area (Å²) >= 11 is 1.66. The van der Waals surface area contributed by atoms with Gasteiger partial charge in [0, 0.05) is 31.7 Å². The maximum absolute atomic E-state index is 12.9. The molecule has 0 atom stereocenters. The summed E-state index contributed by atoms with van der Waals surface area (Å²) in [5.74, 6) is 1.99. The number of carbonyl (C=O) groups is 1. The lowest BCUT2D eigenvalue weighted by molar-refractivity contribution is 0.0746. The van der Waals surface area contributed by atoms with Crippen LogP contribution in [0.5, 0.6) is 17.2 Å². The molecule has 30 heavy (non-hydrogen) atoms. The van der Waals surface area contributed by atoms with Gasteiger partial charge in [0.1, 0.15) is 11.3 Å². The number of para-hydroxylation sites is 1. The van der Waals surface area contributed by atoms with Crippen molar-refractivity contribution in [2.75, 3.05) is 51.9 Å². The van der Waals surface area contributed by atoms with E-state index in [2.05, 4.69) is 11.0 Å². The number of thiazole rings is 1. The van der Waals surface area contributed by atoms with Gasteiger partial charge in [0.15, 0.2) is 16.6 Å². The van der Waals surface area contributed by atoms with Crippen LogP contribution in [0.1, 0.15) is 17.3 Å². The van der Waals surface area contributed by atoms with Crippen molar-refractivity contribution in [1.82, 2.24) is 9.88 Å². The van der Waals surface area contributed by atoms with Gasteiger partial charge in [-0.2, -0.15) is 0 Å². The van der Waals surface area contributed by atoms with Gasteiger partial charge in [0.2, 0.25) is 0 Å². The molecule has 0 bridgehead atoms. The average molecular weight is 428 g/mol. The number of nitrogens with zero attached hydrogens (tertiary/aromatic N) is 3. The van der Waals surface area contributed by atoms with Gasteiger partial charge in [0.25, 0.3) is 5.91 Å². The van der Waals surface area contributed by atoms with Crippen molar-refractivity contribution < 1.29 is 19.0 Å². The van der Waals surface area contributed by atoms with Crippen molar-refractivity contribution in [3.63, 3.8) is 0 Å². The molecule has 0 N–H and O–H groups in total. The third kappa shape index (κ3) is 3.87. The lowest BCUT2D eigenvalue weighted by Gasteiger charge is -2.34. The Labute approximate surface area is 179 Å². The molecule has 0 unspecified atom stereocenters. The molecule has 1 amide bonds. The first-order chi connectivity index (χ1) is 14.6. The Kier molecular flexibility index (Phi) is 5.94. The zero-order valence-electron chi connectivity index (χ0n) is 17.4. The SMILES string of the molecule is CCOc1cccc2sc(N3CCN(C(=O)c4ccc(OC)c(OC)c4)CC3)nc12. The highest BCUT2D eigenvalue weighted by atomic mass is 32.1. The van der Waals surface area contributed by atoms with Crippen LogP contribution in [-0.4, -0.2) is 62.8 Å². The molecule has 7 nitrogen and oxygen atoms in total. The van der Waals surface area contributed by atoms with Crippen molar-refractivity contribution in [3.8, 4) is 17.2 Å². The normalized spacial score (nSPS) is 14.1. The van der Waals surface area contributed by atoms with Crippen LogP contribution < -0.4 is 19.1 Å². The molecule has 0 saturated carbocycles. The predicted molar refractivity (Wildman–Crippen MR) is 118 cm³/mol. The molecule has 4 rings (SSSR count). The zero-order chi connectivity index (χ0) is 21.1. The first-order valence-electron chi connectivity index (χ1n) is 9.93. The summed E-state index contributed by atoms with van der Waals surface area (Å²) in [6.45, 7) is 5.35. The predicted octanol–water partition coefficient (Wildman–Crippen LogP) is 3.67. The average Bonchev–Trinajstić information content (AvgIpc) is 3.24. The fraction of sp³-hybridized carbons (Fsp3) is 0.364. The number of amides is 1. The van der Waals surface area contributed by atoms with E-state index in [1.807, 2.05) is 24.0 Å². The Balaban J connectivity index is 1.45. The second-order valence-corrected chi connectivity index (χ2v) is 7.89. The van der Waals surface area contributed by atoms with E-state index >= 15 is 0 Å². The summed E-state index contributed by atoms with van der Waals surface area (Å²) in [7, 11) is 3.15. The monoisotopic (exact) mass is 427 g/mol. The lowest BCUT2D eigenvalue weighted by Crippen LogP contribution is -2.48. The maximum Gasteiger partial charge on any atom is 0.254 e. The minimum absolute atomic E-state index is 0.00136. The molecule has 0 radical (unpaired) electrons. The summed E-state index contributed by atoms with van der Waals surface area (Å²) in [6.07, 6.45) is 0. The summed E-state index contributed by atoms with van der Waals surface area (Å²) < 4.78 is 17.4. The third-order valence-electron chi connectivity index (χ3n) is 5.14. The summed E-state index contributed by atoms with van der Waals surface area (Å²) in [6, 6.07) is 11.3. The number of rotatable bonds is 6. The molecule has 2 heterocycles. The Morgan fingerprint density at radius 3 is 2.50 bits per heavy atom. The summed E-state index contributed by atoms with van der Waals surface area (Å²) in [5, 5.41) is 0.968. The lowest BCUT2D eigenvalue weighted by atomic mass is 10.1. The number of fused-ring (bicyclic) bond motifs is 1. The van der Waals surface area contributed by atoms with E-state index in [0.717, 1.165) is 34.2 Å². The Morgan fingerprint density at radius 1 is 1.03 bits per heavy atom. The third-order valence-corrected chi connectivity index (χ3v) is 6.22. The van der Waals surface area contributed by atoms with Gasteiger partial charge in [-0.15, -0.1) is 0 Å². The van der Waals surface area contributed by atoms with Crippen LogP contribution in [0, 0.1) is 0 Å². The van der Waals surface area contributed by atoms with Crippen LogP contribution in [0.4, 0.5) is 5.13 Å². The molecule has 2 aromatic carbocycles. The van der Waals surface area contributed by atoms with Gasteiger partial charge >= 0.3 is 0 Å². The molecular weight excluding hydrogens is 402 g/mol. The van der Waals surface area contributed by atoms with E-state index < -0.39 is 0 Å². The van der Waals surface area contributed by atoms with Crippen molar-refractivity contribution >= 4 is 32.6 Å². The number of hydrogen-bond acceptors (Lipinski definition) is 7. The molecule has 1 aromatic heterocycles. The Hall–Kier alpha value is -3.00. The molecular formula is C22H25N3O4S. The van der Waals surface area contributed by atoms with E-state index in [4.69, 9.17) is 19.2 Å². The Bertz CT molecular complexity index is 1040. The van der Waals surface area contributed by atoms with Crippen molar-refractivity contribution in [1.29, 1.82) is 0 Å². The highest BCUT2D eigenvalue weighted by Gasteiger charge is 2.25. The molecule has 3 aromatic rings. The summed E-state index contributed by atoms with van der Waals surface area (Å²) in [5.41, 5.74) is 1.51.